The van der Waals surface area contributed by atoms with Gasteiger partial charge in [0, 0.05) is 11.0 Å². The number of rotatable bonds is 3. The highest BCUT2D eigenvalue weighted by Crippen LogP contribution is 2.30. The Balaban J connectivity index is 2.51. The van der Waals surface area contributed by atoms with Crippen LogP contribution in [0.2, 0.25) is 0 Å². The molecule has 0 saturated carbocycles. The maximum Gasteiger partial charge on any atom is 0.320 e. The first-order valence-corrected chi connectivity index (χ1v) is 5.93. The Morgan fingerprint density at radius 3 is 3.00 bits per heavy atom. The average molecular weight is 256 g/mol. The van der Waals surface area contributed by atoms with E-state index in [4.69, 9.17) is 0 Å². The number of benzene rings is 1. The molecule has 17 heavy (non-hydrogen) atoms. The van der Waals surface area contributed by atoms with Crippen molar-refractivity contribution < 1.29 is 18.8 Å². The highest BCUT2D eigenvalue weighted by atomic mass is 32.2. The van der Waals surface area contributed by atoms with Gasteiger partial charge in [-0.25, -0.2) is 4.39 Å². The number of hydrogen-bond donors (Lipinski definition) is 1. The van der Waals surface area contributed by atoms with E-state index < -0.39 is 5.82 Å². The molecule has 0 aliphatic carbocycles. The summed E-state index contributed by atoms with van der Waals surface area (Å²) in [6, 6.07) is 2.62. The molecule has 1 aromatic rings. The molecule has 0 radical (unpaired) electrons. The molecule has 1 aliphatic rings. The number of nitrogens with zero attached hydrogens (tertiary/aromatic N) is 1. The van der Waals surface area contributed by atoms with E-state index in [1.54, 1.807) is 6.26 Å². The smallest absolute Gasteiger partial charge is 0.320 e. The van der Waals surface area contributed by atoms with Gasteiger partial charge in [0.2, 0.25) is 0 Å². The Labute approximate surface area is 101 Å². The number of nitrogens with one attached hydrogen (secondary N) is 1. The van der Waals surface area contributed by atoms with Crippen molar-refractivity contribution in [3.63, 3.8) is 0 Å². The molecule has 0 atom stereocenters. The molecule has 0 unspecified atom stereocenters. The average Bonchev–Trinajstić information content (AvgIpc) is 2.32. The molecule has 90 valence electrons. The lowest BCUT2D eigenvalue weighted by Gasteiger charge is -2.28. The van der Waals surface area contributed by atoms with Gasteiger partial charge < -0.3 is 10.2 Å². The Kier molecular flexibility index (Phi) is 3.19. The topological polar surface area (TPSA) is 58.6 Å². The van der Waals surface area contributed by atoms with Gasteiger partial charge in [0.05, 0.1) is 11.3 Å². The largest absolute Gasteiger partial charge is 0.342 e. The van der Waals surface area contributed by atoms with Crippen LogP contribution < -0.4 is 10.4 Å². The van der Waals surface area contributed by atoms with Crippen molar-refractivity contribution in [1.82, 2.24) is 5.32 Å². The number of anilines is 1. The van der Waals surface area contributed by atoms with Gasteiger partial charge in [-0.3, -0.25) is 9.59 Å². The summed E-state index contributed by atoms with van der Waals surface area (Å²) in [5.74, 6) is -0.772. The molecule has 1 aliphatic heterocycles. The summed E-state index contributed by atoms with van der Waals surface area (Å²) < 4.78 is 13.6. The third-order valence-corrected chi connectivity index (χ3v) is 3.09. The summed E-state index contributed by atoms with van der Waals surface area (Å²) >= 11 is 1.20. The normalized spacial score (nSPS) is 14.0. The monoisotopic (exact) mass is 256 g/mol. The van der Waals surface area contributed by atoms with Crippen LogP contribution in [0.1, 0.15) is 10.4 Å². The fourth-order valence-corrected chi connectivity index (χ4v) is 2.05. The first kappa shape index (κ1) is 11.7. The van der Waals surface area contributed by atoms with Gasteiger partial charge in [-0.05, 0) is 12.3 Å². The Morgan fingerprint density at radius 1 is 1.59 bits per heavy atom. The van der Waals surface area contributed by atoms with E-state index in [1.807, 2.05) is 0 Å². The zero-order valence-electron chi connectivity index (χ0n) is 8.90. The minimum Gasteiger partial charge on any atom is -0.342 e. The fourth-order valence-electron chi connectivity index (χ4n) is 1.56. The predicted molar refractivity (Wildman–Crippen MR) is 60.1 cm³/mol. The van der Waals surface area contributed by atoms with Crippen LogP contribution in [-0.4, -0.2) is 25.3 Å². The van der Waals surface area contributed by atoms with E-state index >= 15 is 0 Å². The summed E-state index contributed by atoms with van der Waals surface area (Å²) in [7, 11) is 0. The number of thioether (sulfide) groups is 1. The van der Waals surface area contributed by atoms with Crippen molar-refractivity contribution >= 4 is 29.8 Å². The lowest BCUT2D eigenvalue weighted by atomic mass is 10.1. The molecule has 0 bridgehead atoms. The Hall–Kier alpha value is -1.76. The van der Waals surface area contributed by atoms with Crippen LogP contribution >= 0.6 is 11.8 Å². The third kappa shape index (κ3) is 2.05. The van der Waals surface area contributed by atoms with Crippen LogP contribution in [0, 0.1) is 5.82 Å². The summed E-state index contributed by atoms with van der Waals surface area (Å²) in [4.78, 5) is 26.9. The van der Waals surface area contributed by atoms with E-state index in [0.717, 1.165) is 5.06 Å². The molecule has 1 heterocycles. The van der Waals surface area contributed by atoms with E-state index in [1.165, 1.54) is 23.9 Å². The minimum absolute atomic E-state index is 0.00261. The highest BCUT2D eigenvalue weighted by molar-refractivity contribution is 7.98. The van der Waals surface area contributed by atoms with Gasteiger partial charge in [-0.2, -0.15) is 5.06 Å². The molecular weight excluding hydrogens is 247 g/mol. The summed E-state index contributed by atoms with van der Waals surface area (Å²) in [6.07, 6.45) is 1.71. The van der Waals surface area contributed by atoms with E-state index in [-0.39, 0.29) is 30.3 Å². The molecule has 7 heteroatoms. The van der Waals surface area contributed by atoms with Crippen LogP contribution in [0.4, 0.5) is 10.1 Å². The lowest BCUT2D eigenvalue weighted by Crippen LogP contribution is -2.43. The molecule has 0 saturated heterocycles. The fraction of sp³-hybridized carbons (Fsp3) is 0.200. The SMILES string of the molecule is CSc1cc2c(cc1F)N(OC=O)CNC2=O. The first-order valence-electron chi connectivity index (χ1n) is 4.71. The van der Waals surface area contributed by atoms with Crippen LogP contribution in [0.15, 0.2) is 17.0 Å². The molecule has 1 N–H and O–H groups in total. The van der Waals surface area contributed by atoms with Gasteiger partial charge in [-0.15, -0.1) is 11.8 Å². The molecule has 0 fully saturated rings. The van der Waals surface area contributed by atoms with Gasteiger partial charge in [0.25, 0.3) is 5.91 Å². The van der Waals surface area contributed by atoms with E-state index in [2.05, 4.69) is 10.2 Å². The third-order valence-electron chi connectivity index (χ3n) is 2.34. The number of hydroxylamine groups is 1. The second kappa shape index (κ2) is 4.62. The Morgan fingerprint density at radius 2 is 2.35 bits per heavy atom. The summed E-state index contributed by atoms with van der Waals surface area (Å²) in [5, 5.41) is 3.64. The first-order chi connectivity index (χ1) is 8.17. The van der Waals surface area contributed by atoms with Gasteiger partial charge in [0.1, 0.15) is 12.5 Å². The standard InChI is InChI=1S/C10H9FN2O3S/c1-17-9-2-6-8(3-7(9)11)13(16-5-14)4-12-10(6)15/h2-3,5H,4H2,1H3,(H,12,15). The van der Waals surface area contributed by atoms with Crippen molar-refractivity contribution in [1.29, 1.82) is 0 Å². The summed E-state index contributed by atoms with van der Waals surface area (Å²) in [6.45, 7) is 0.226. The molecule has 1 aromatic carbocycles. The predicted octanol–water partition coefficient (Wildman–Crippen LogP) is 1.14. The minimum atomic E-state index is -0.453. The molecule has 0 spiro atoms. The van der Waals surface area contributed by atoms with Crippen molar-refractivity contribution in [2.75, 3.05) is 18.0 Å². The molecule has 0 aromatic heterocycles. The number of hydrogen-bond acceptors (Lipinski definition) is 5. The lowest BCUT2D eigenvalue weighted by molar-refractivity contribution is -0.130. The molecular formula is C10H9FN2O3S. The van der Waals surface area contributed by atoms with E-state index in [9.17, 15) is 14.0 Å². The number of halogens is 1. The number of fused-ring (bicyclic) bond motifs is 1. The molecule has 1 amide bonds. The maximum absolute atomic E-state index is 13.6. The van der Waals surface area contributed by atoms with Gasteiger partial charge >= 0.3 is 6.47 Å². The van der Waals surface area contributed by atoms with Crippen molar-refractivity contribution in [3.8, 4) is 0 Å². The van der Waals surface area contributed by atoms with Crippen LogP contribution in [0.25, 0.3) is 0 Å². The highest BCUT2D eigenvalue weighted by Gasteiger charge is 2.25. The van der Waals surface area contributed by atoms with Crippen LogP contribution in [0.5, 0.6) is 0 Å². The number of amides is 1. The maximum atomic E-state index is 13.6. The van der Waals surface area contributed by atoms with Crippen molar-refractivity contribution in [3.05, 3.63) is 23.5 Å². The summed E-state index contributed by atoms with van der Waals surface area (Å²) in [5.41, 5.74) is 0.528. The Bertz CT molecular complexity index is 481. The van der Waals surface area contributed by atoms with Crippen molar-refractivity contribution in [2.45, 2.75) is 4.90 Å². The number of carbonyl (C=O) groups is 2. The van der Waals surface area contributed by atoms with Gasteiger partial charge in [-0.1, -0.05) is 0 Å². The number of carbonyl (C=O) groups excluding carboxylic acids is 2. The zero-order valence-corrected chi connectivity index (χ0v) is 9.71. The van der Waals surface area contributed by atoms with Crippen LogP contribution in [-0.2, 0) is 9.63 Å². The second-order valence-electron chi connectivity index (χ2n) is 3.25. The van der Waals surface area contributed by atoms with E-state index in [0.29, 0.717) is 4.90 Å². The molecule has 5 nitrogen and oxygen atoms in total. The second-order valence-corrected chi connectivity index (χ2v) is 4.10. The van der Waals surface area contributed by atoms with Gasteiger partial charge in [0.15, 0.2) is 0 Å². The van der Waals surface area contributed by atoms with Crippen molar-refractivity contribution in [2.24, 2.45) is 0 Å². The quantitative estimate of drug-likeness (QED) is 0.649. The van der Waals surface area contributed by atoms with Crippen LogP contribution in [0.3, 0.4) is 0 Å². The zero-order chi connectivity index (χ0) is 12.4. The molecule has 2 rings (SSSR count).